The molecule has 0 bridgehead atoms. The third-order valence-electron chi connectivity index (χ3n) is 2.06. The van der Waals surface area contributed by atoms with E-state index in [0.29, 0.717) is 6.61 Å². The second kappa shape index (κ2) is 1.35. The van der Waals surface area contributed by atoms with Gasteiger partial charge in [0.05, 0.1) is 6.61 Å². The molecule has 0 saturated carbocycles. The summed E-state index contributed by atoms with van der Waals surface area (Å²) in [6.07, 6.45) is -0.215. The third-order valence-corrected chi connectivity index (χ3v) is 2.06. The van der Waals surface area contributed by atoms with Crippen molar-refractivity contribution in [2.45, 2.75) is 24.4 Å². The zero-order valence-electron chi connectivity index (χ0n) is 5.15. The van der Waals surface area contributed by atoms with Gasteiger partial charge in [-0.05, 0) is 0 Å². The van der Waals surface area contributed by atoms with Gasteiger partial charge in [0.1, 0.15) is 12.2 Å². The molecule has 0 aromatic rings. The van der Waals surface area contributed by atoms with E-state index in [1.54, 1.807) is 0 Å². The predicted molar refractivity (Wildman–Crippen MR) is 28.3 cm³/mol. The lowest BCUT2D eigenvalue weighted by Gasteiger charge is -2.06. The van der Waals surface area contributed by atoms with E-state index in [4.69, 9.17) is 14.2 Å². The number of carbonyl (C=O) groups excluding carboxylic acids is 1. The molecule has 4 heteroatoms. The number of esters is 1. The Morgan fingerprint density at radius 2 is 2.20 bits per heavy atom. The fraction of sp³-hybridized carbons (Fsp3) is 0.833. The van der Waals surface area contributed by atoms with E-state index in [1.807, 2.05) is 0 Å². The molecule has 0 amide bonds. The van der Waals surface area contributed by atoms with Gasteiger partial charge in [-0.25, -0.2) is 4.79 Å². The number of cyclic esters (lactones) is 1. The predicted octanol–water partition coefficient (Wildman–Crippen LogP) is -0.922. The van der Waals surface area contributed by atoms with Crippen LogP contribution in [0.3, 0.4) is 0 Å². The summed E-state index contributed by atoms with van der Waals surface area (Å²) in [5, 5.41) is 0. The lowest BCUT2D eigenvalue weighted by atomic mass is 10.2. The molecule has 0 aromatic heterocycles. The smallest absolute Gasteiger partial charge is 0.338 e. The van der Waals surface area contributed by atoms with Crippen molar-refractivity contribution in [3.05, 3.63) is 0 Å². The summed E-state index contributed by atoms with van der Waals surface area (Å²) in [7, 11) is 0. The van der Waals surface area contributed by atoms with Crippen LogP contribution in [0.15, 0.2) is 0 Å². The molecule has 0 N–H and O–H groups in total. The van der Waals surface area contributed by atoms with E-state index in [0.717, 1.165) is 0 Å². The Morgan fingerprint density at radius 3 is 2.60 bits per heavy atom. The number of epoxide rings is 2. The number of fused-ring (bicyclic) bond motifs is 1. The summed E-state index contributed by atoms with van der Waals surface area (Å²) < 4.78 is 15.0. The quantitative estimate of drug-likeness (QED) is 0.351. The molecule has 3 saturated heterocycles. The van der Waals surface area contributed by atoms with Crippen molar-refractivity contribution < 1.29 is 19.0 Å². The van der Waals surface area contributed by atoms with E-state index < -0.39 is 0 Å². The largest absolute Gasteiger partial charge is 0.455 e. The number of ether oxygens (including phenoxy) is 3. The van der Waals surface area contributed by atoms with Gasteiger partial charge in [-0.3, -0.25) is 0 Å². The van der Waals surface area contributed by atoms with Gasteiger partial charge in [-0.2, -0.15) is 0 Å². The summed E-state index contributed by atoms with van der Waals surface area (Å²) >= 11 is 0. The van der Waals surface area contributed by atoms with Crippen LogP contribution in [-0.2, 0) is 19.0 Å². The minimum atomic E-state index is -0.255. The van der Waals surface area contributed by atoms with Crippen molar-refractivity contribution in [2.24, 2.45) is 0 Å². The number of hydrogen-bond donors (Lipinski definition) is 0. The van der Waals surface area contributed by atoms with Crippen LogP contribution in [0, 0.1) is 0 Å². The Hall–Kier alpha value is -0.610. The highest BCUT2D eigenvalue weighted by Gasteiger charge is 2.63. The topological polar surface area (TPSA) is 51.4 Å². The van der Waals surface area contributed by atoms with E-state index in [9.17, 15) is 4.79 Å². The van der Waals surface area contributed by atoms with Gasteiger partial charge in [-0.1, -0.05) is 0 Å². The Labute approximate surface area is 57.0 Å². The first kappa shape index (κ1) is 5.09. The Morgan fingerprint density at radius 1 is 1.40 bits per heavy atom. The van der Waals surface area contributed by atoms with Crippen molar-refractivity contribution in [2.75, 3.05) is 6.61 Å². The minimum absolute atomic E-state index is 0.0139. The molecule has 3 aliphatic rings. The molecular weight excluding hydrogens is 136 g/mol. The maximum absolute atomic E-state index is 10.8. The molecule has 3 rings (SSSR count). The van der Waals surface area contributed by atoms with Gasteiger partial charge in [0.2, 0.25) is 0 Å². The standard InChI is InChI=1S/C6H6O4/c7-6-5-4(9-5)3(10-6)2-1-8-2/h2-5H,1H2/t2?,3-,4+,5+/m1/s1. The molecule has 54 valence electrons. The molecule has 3 heterocycles. The summed E-state index contributed by atoms with van der Waals surface area (Å²) in [6, 6.07) is 0. The van der Waals surface area contributed by atoms with Gasteiger partial charge in [0.15, 0.2) is 12.2 Å². The number of rotatable bonds is 1. The van der Waals surface area contributed by atoms with Crippen molar-refractivity contribution >= 4 is 5.97 Å². The van der Waals surface area contributed by atoms with E-state index in [2.05, 4.69) is 0 Å². The first-order valence-corrected chi connectivity index (χ1v) is 3.34. The number of hydrogen-bond acceptors (Lipinski definition) is 4. The molecule has 10 heavy (non-hydrogen) atoms. The SMILES string of the molecule is O=C1O[C@H](C2CO2)[C@@H]2O[C@H]12. The first-order valence-electron chi connectivity index (χ1n) is 3.34. The zero-order valence-corrected chi connectivity index (χ0v) is 5.15. The second-order valence-corrected chi connectivity index (χ2v) is 2.79. The van der Waals surface area contributed by atoms with Gasteiger partial charge in [0, 0.05) is 0 Å². The Kier molecular flexibility index (Phi) is 0.690. The molecular formula is C6H6O4. The van der Waals surface area contributed by atoms with Gasteiger partial charge < -0.3 is 14.2 Å². The van der Waals surface area contributed by atoms with E-state index in [-0.39, 0.29) is 30.4 Å². The van der Waals surface area contributed by atoms with Crippen LogP contribution in [0.2, 0.25) is 0 Å². The molecule has 0 spiro atoms. The fourth-order valence-corrected chi connectivity index (χ4v) is 1.36. The normalized spacial score (nSPS) is 55.8. The highest BCUT2D eigenvalue weighted by Crippen LogP contribution is 2.40. The molecule has 3 aliphatic heterocycles. The summed E-state index contributed by atoms with van der Waals surface area (Å²) in [6.45, 7) is 0.713. The van der Waals surface area contributed by atoms with E-state index >= 15 is 0 Å². The van der Waals surface area contributed by atoms with Crippen LogP contribution >= 0.6 is 0 Å². The summed E-state index contributed by atoms with van der Waals surface area (Å²) in [5.74, 6) is -0.217. The Bertz CT molecular complexity index is 198. The average molecular weight is 142 g/mol. The van der Waals surface area contributed by atoms with Crippen LogP contribution in [0.25, 0.3) is 0 Å². The van der Waals surface area contributed by atoms with Crippen LogP contribution in [0.4, 0.5) is 0 Å². The van der Waals surface area contributed by atoms with Gasteiger partial charge in [-0.15, -0.1) is 0 Å². The second-order valence-electron chi connectivity index (χ2n) is 2.79. The van der Waals surface area contributed by atoms with Crippen LogP contribution in [-0.4, -0.2) is 37.0 Å². The lowest BCUT2D eigenvalue weighted by molar-refractivity contribution is -0.150. The van der Waals surface area contributed by atoms with Crippen molar-refractivity contribution in [1.29, 1.82) is 0 Å². The molecule has 1 unspecified atom stereocenters. The van der Waals surface area contributed by atoms with Crippen molar-refractivity contribution in [3.63, 3.8) is 0 Å². The van der Waals surface area contributed by atoms with Crippen molar-refractivity contribution in [3.8, 4) is 0 Å². The van der Waals surface area contributed by atoms with Gasteiger partial charge in [0.25, 0.3) is 0 Å². The highest BCUT2D eigenvalue weighted by atomic mass is 16.7. The molecule has 0 aromatic carbocycles. The van der Waals surface area contributed by atoms with Crippen LogP contribution in [0.5, 0.6) is 0 Å². The number of carbonyl (C=O) groups is 1. The Balaban J connectivity index is 1.82. The molecule has 0 radical (unpaired) electrons. The maximum Gasteiger partial charge on any atom is 0.338 e. The third kappa shape index (κ3) is 0.507. The lowest BCUT2D eigenvalue weighted by Crippen LogP contribution is -2.22. The van der Waals surface area contributed by atoms with Crippen molar-refractivity contribution in [1.82, 2.24) is 0 Å². The average Bonchev–Trinajstić information content (AvgIpc) is 2.81. The maximum atomic E-state index is 10.8. The van der Waals surface area contributed by atoms with E-state index in [1.165, 1.54) is 0 Å². The summed E-state index contributed by atoms with van der Waals surface area (Å²) in [4.78, 5) is 10.8. The zero-order chi connectivity index (χ0) is 6.72. The molecule has 4 nitrogen and oxygen atoms in total. The van der Waals surface area contributed by atoms with Crippen LogP contribution < -0.4 is 0 Å². The van der Waals surface area contributed by atoms with Gasteiger partial charge >= 0.3 is 5.97 Å². The monoisotopic (exact) mass is 142 g/mol. The van der Waals surface area contributed by atoms with Crippen LogP contribution in [0.1, 0.15) is 0 Å². The highest BCUT2D eigenvalue weighted by molar-refractivity contribution is 5.81. The summed E-state index contributed by atoms with van der Waals surface area (Å²) in [5.41, 5.74) is 0. The fourth-order valence-electron chi connectivity index (χ4n) is 1.36. The molecule has 4 atom stereocenters. The molecule has 0 aliphatic carbocycles. The minimum Gasteiger partial charge on any atom is -0.455 e. The first-order chi connectivity index (χ1) is 4.86. The molecule has 3 fully saturated rings.